The van der Waals surface area contributed by atoms with Gasteiger partial charge in [0.05, 0.1) is 17.6 Å². The van der Waals surface area contributed by atoms with Crippen LogP contribution in [0.1, 0.15) is 15.2 Å². The van der Waals surface area contributed by atoms with Gasteiger partial charge in [0, 0.05) is 12.2 Å². The summed E-state index contributed by atoms with van der Waals surface area (Å²) in [6.45, 7) is 0.198. The van der Waals surface area contributed by atoms with E-state index in [4.69, 9.17) is 0 Å². The summed E-state index contributed by atoms with van der Waals surface area (Å²) < 4.78 is 0. The van der Waals surface area contributed by atoms with E-state index in [0.29, 0.717) is 11.3 Å². The van der Waals surface area contributed by atoms with Gasteiger partial charge >= 0.3 is 5.97 Å². The van der Waals surface area contributed by atoms with Crippen molar-refractivity contribution in [3.63, 3.8) is 0 Å². The molecule has 2 heterocycles. The van der Waals surface area contributed by atoms with Crippen LogP contribution in [0.2, 0.25) is 0 Å². The Morgan fingerprint density at radius 2 is 2.15 bits per heavy atom. The third-order valence-electron chi connectivity index (χ3n) is 3.39. The molecule has 20 heavy (non-hydrogen) atoms. The van der Waals surface area contributed by atoms with Crippen molar-refractivity contribution in [1.29, 1.82) is 0 Å². The van der Waals surface area contributed by atoms with Crippen molar-refractivity contribution in [2.75, 3.05) is 11.4 Å². The molecule has 0 aliphatic carbocycles. The van der Waals surface area contributed by atoms with Gasteiger partial charge in [-0.25, -0.2) is 0 Å². The zero-order chi connectivity index (χ0) is 14.1. The van der Waals surface area contributed by atoms with Gasteiger partial charge in [-0.15, -0.1) is 11.3 Å². The monoisotopic (exact) mass is 288 g/mol. The molecule has 0 saturated carbocycles. The summed E-state index contributed by atoms with van der Waals surface area (Å²) in [5.74, 6) is -1.63. The largest absolute Gasteiger partial charge is 0.481 e. The second kappa shape index (κ2) is 5.05. The molecular weight excluding hydrogens is 276 g/mol. The molecule has 1 aliphatic heterocycles. The molecule has 1 unspecified atom stereocenters. The number of anilines is 1. The summed E-state index contributed by atoms with van der Waals surface area (Å²) in [4.78, 5) is 29.7. The van der Waals surface area contributed by atoms with E-state index in [1.165, 1.54) is 17.5 Å². The summed E-state index contributed by atoms with van der Waals surface area (Å²) in [5.41, 5.74) is 3.28. The van der Waals surface area contributed by atoms with Crippen molar-refractivity contribution in [2.45, 2.75) is 6.42 Å². The average molecular weight is 288 g/mol. The van der Waals surface area contributed by atoms with Gasteiger partial charge in [-0.3, -0.25) is 14.6 Å². The quantitative estimate of drug-likeness (QED) is 0.918. The Balaban J connectivity index is 2.01. The van der Waals surface area contributed by atoms with E-state index in [0.717, 1.165) is 11.3 Å². The van der Waals surface area contributed by atoms with Crippen molar-refractivity contribution in [2.24, 2.45) is 5.92 Å². The van der Waals surface area contributed by atoms with E-state index in [2.05, 4.69) is 4.98 Å². The number of amides is 1. The lowest BCUT2D eigenvalue weighted by atomic mass is 9.92. The Morgan fingerprint density at radius 1 is 1.35 bits per heavy atom. The van der Waals surface area contributed by atoms with Gasteiger partial charge in [0.25, 0.3) is 5.91 Å². The van der Waals surface area contributed by atoms with E-state index < -0.39 is 11.9 Å². The standard InChI is InChI=1S/C14H12N2O3S/c17-13(12-6-15-8-20-12)16-7-10(14(18)19)5-9-3-1-2-4-11(9)16/h1-4,6,8,10H,5,7H2,(H,18,19). The number of carbonyl (C=O) groups is 2. The molecule has 0 saturated heterocycles. The minimum absolute atomic E-state index is 0.189. The molecule has 1 N–H and O–H groups in total. The number of rotatable bonds is 2. The highest BCUT2D eigenvalue weighted by molar-refractivity contribution is 7.11. The van der Waals surface area contributed by atoms with Gasteiger partial charge in [-0.05, 0) is 18.1 Å². The number of para-hydroxylation sites is 1. The number of fused-ring (bicyclic) bond motifs is 1. The van der Waals surface area contributed by atoms with Crippen LogP contribution >= 0.6 is 11.3 Å². The number of carboxylic acid groups (broad SMARTS) is 1. The highest BCUT2D eigenvalue weighted by Gasteiger charge is 2.32. The lowest BCUT2D eigenvalue weighted by molar-refractivity contribution is -0.141. The van der Waals surface area contributed by atoms with Crippen LogP contribution in [0.3, 0.4) is 0 Å². The Hall–Kier alpha value is -2.21. The number of benzene rings is 1. The summed E-state index contributed by atoms with van der Waals surface area (Å²) in [7, 11) is 0. The maximum absolute atomic E-state index is 12.5. The number of hydrogen-bond acceptors (Lipinski definition) is 4. The molecular formula is C14H12N2O3S. The van der Waals surface area contributed by atoms with Crippen LogP contribution in [0.15, 0.2) is 36.0 Å². The Morgan fingerprint density at radius 3 is 2.85 bits per heavy atom. The molecule has 0 radical (unpaired) electrons. The molecule has 1 amide bonds. The first-order valence-corrected chi connectivity index (χ1v) is 7.06. The molecule has 1 aromatic carbocycles. The van der Waals surface area contributed by atoms with Crippen molar-refractivity contribution >= 4 is 28.9 Å². The molecule has 1 aromatic heterocycles. The van der Waals surface area contributed by atoms with Crippen LogP contribution in [-0.4, -0.2) is 28.5 Å². The first kappa shape index (κ1) is 12.8. The van der Waals surface area contributed by atoms with Crippen LogP contribution in [0.25, 0.3) is 0 Å². The number of nitrogens with zero attached hydrogens (tertiary/aromatic N) is 2. The topological polar surface area (TPSA) is 70.5 Å². The first-order valence-electron chi connectivity index (χ1n) is 6.18. The third kappa shape index (κ3) is 2.18. The highest BCUT2D eigenvalue weighted by Crippen LogP contribution is 2.31. The van der Waals surface area contributed by atoms with Crippen molar-refractivity contribution in [3.05, 3.63) is 46.4 Å². The van der Waals surface area contributed by atoms with Crippen molar-refractivity contribution in [1.82, 2.24) is 4.98 Å². The number of carbonyl (C=O) groups excluding carboxylic acids is 1. The molecule has 3 rings (SSSR count). The zero-order valence-electron chi connectivity index (χ0n) is 10.5. The third-order valence-corrected chi connectivity index (χ3v) is 4.15. The summed E-state index contributed by atoms with van der Waals surface area (Å²) >= 11 is 1.26. The molecule has 102 valence electrons. The maximum Gasteiger partial charge on any atom is 0.308 e. The van der Waals surface area contributed by atoms with Gasteiger partial charge < -0.3 is 10.0 Å². The van der Waals surface area contributed by atoms with Gasteiger partial charge in [0.1, 0.15) is 4.88 Å². The van der Waals surface area contributed by atoms with Crippen LogP contribution in [0, 0.1) is 5.92 Å². The first-order chi connectivity index (χ1) is 9.66. The van der Waals surface area contributed by atoms with E-state index in [1.807, 2.05) is 24.3 Å². The molecule has 0 bridgehead atoms. The van der Waals surface area contributed by atoms with E-state index in [9.17, 15) is 14.7 Å². The number of carboxylic acids is 1. The molecule has 6 heteroatoms. The maximum atomic E-state index is 12.5. The molecule has 2 aromatic rings. The van der Waals surface area contributed by atoms with E-state index in [-0.39, 0.29) is 12.5 Å². The summed E-state index contributed by atoms with van der Waals surface area (Å²) in [6, 6.07) is 7.44. The molecule has 0 fully saturated rings. The molecule has 0 spiro atoms. The smallest absolute Gasteiger partial charge is 0.308 e. The Labute approximate surface area is 119 Å². The summed E-state index contributed by atoms with van der Waals surface area (Å²) in [6.07, 6.45) is 1.97. The van der Waals surface area contributed by atoms with Crippen LogP contribution in [-0.2, 0) is 11.2 Å². The van der Waals surface area contributed by atoms with Crippen LogP contribution in [0.4, 0.5) is 5.69 Å². The molecule has 1 atom stereocenters. The average Bonchev–Trinajstić information content (AvgIpc) is 2.99. The fourth-order valence-electron chi connectivity index (χ4n) is 2.41. The molecule has 1 aliphatic rings. The van der Waals surface area contributed by atoms with Gasteiger partial charge in [0.15, 0.2) is 0 Å². The van der Waals surface area contributed by atoms with Crippen molar-refractivity contribution < 1.29 is 14.7 Å². The fourth-order valence-corrected chi connectivity index (χ4v) is 2.98. The predicted octanol–water partition coefficient (Wildman–Crippen LogP) is 2.05. The van der Waals surface area contributed by atoms with Crippen LogP contribution < -0.4 is 4.90 Å². The second-order valence-electron chi connectivity index (χ2n) is 4.65. The lowest BCUT2D eigenvalue weighted by Crippen LogP contribution is -2.42. The molecule has 5 nitrogen and oxygen atoms in total. The van der Waals surface area contributed by atoms with Crippen LogP contribution in [0.5, 0.6) is 0 Å². The number of thiazole rings is 1. The Bertz CT molecular complexity index is 654. The SMILES string of the molecule is O=C(O)C1Cc2ccccc2N(C(=O)c2cncs2)C1. The highest BCUT2D eigenvalue weighted by atomic mass is 32.1. The minimum atomic E-state index is -0.874. The van der Waals surface area contributed by atoms with Crippen molar-refractivity contribution in [3.8, 4) is 0 Å². The predicted molar refractivity (Wildman–Crippen MR) is 75.1 cm³/mol. The van der Waals surface area contributed by atoms with Gasteiger partial charge in [-0.2, -0.15) is 0 Å². The van der Waals surface area contributed by atoms with Gasteiger partial charge in [0.2, 0.25) is 0 Å². The second-order valence-corrected chi connectivity index (χ2v) is 5.54. The fraction of sp³-hybridized carbons (Fsp3) is 0.214. The van der Waals surface area contributed by atoms with Gasteiger partial charge in [-0.1, -0.05) is 18.2 Å². The number of aromatic nitrogens is 1. The summed E-state index contributed by atoms with van der Waals surface area (Å²) in [5, 5.41) is 9.25. The van der Waals surface area contributed by atoms with E-state index in [1.54, 1.807) is 10.4 Å². The van der Waals surface area contributed by atoms with E-state index >= 15 is 0 Å². The number of aliphatic carboxylic acids is 1. The normalized spacial score (nSPS) is 17.6. The zero-order valence-corrected chi connectivity index (χ0v) is 11.3. The Kier molecular flexibility index (Phi) is 3.23. The number of hydrogen-bond donors (Lipinski definition) is 1. The lowest BCUT2D eigenvalue weighted by Gasteiger charge is -2.32. The minimum Gasteiger partial charge on any atom is -0.481 e.